The van der Waals surface area contributed by atoms with Crippen LogP contribution in [-0.4, -0.2) is 32.2 Å². The first-order valence-electron chi connectivity index (χ1n) is 9.16. The van der Waals surface area contributed by atoms with Crippen LogP contribution in [0.4, 0.5) is 11.4 Å². The summed E-state index contributed by atoms with van der Waals surface area (Å²) in [6, 6.07) is 14.1. The average molecular weight is 309 g/mol. The van der Waals surface area contributed by atoms with Crippen LogP contribution in [0.2, 0.25) is 0 Å². The van der Waals surface area contributed by atoms with E-state index >= 15 is 0 Å². The zero-order chi connectivity index (χ0) is 15.5. The van der Waals surface area contributed by atoms with Crippen LogP contribution in [-0.2, 0) is 0 Å². The minimum atomic E-state index is 0.598. The molecule has 0 saturated carbocycles. The number of anilines is 2. The summed E-state index contributed by atoms with van der Waals surface area (Å²) >= 11 is 0. The molecule has 3 nitrogen and oxygen atoms in total. The Morgan fingerprint density at radius 1 is 0.870 bits per heavy atom. The molecule has 0 spiro atoms. The number of hydrogen-bond donors (Lipinski definition) is 2. The molecule has 2 aliphatic rings. The SMILES string of the molecule is c1ccc2c(N3CCCCC3)ccc(NC3CCNCC3)c2c1. The zero-order valence-electron chi connectivity index (χ0n) is 13.9. The lowest BCUT2D eigenvalue weighted by Gasteiger charge is -2.31. The molecule has 2 fully saturated rings. The molecular formula is C20H27N3. The van der Waals surface area contributed by atoms with E-state index in [9.17, 15) is 0 Å². The van der Waals surface area contributed by atoms with Crippen LogP contribution in [0.15, 0.2) is 36.4 Å². The number of hydrogen-bond acceptors (Lipinski definition) is 3. The molecule has 0 aliphatic carbocycles. The highest BCUT2D eigenvalue weighted by Crippen LogP contribution is 2.34. The zero-order valence-corrected chi connectivity index (χ0v) is 13.9. The fourth-order valence-electron chi connectivity index (χ4n) is 4.01. The number of benzene rings is 2. The molecule has 0 atom stereocenters. The van der Waals surface area contributed by atoms with Gasteiger partial charge in [-0.3, -0.25) is 0 Å². The first kappa shape index (κ1) is 14.8. The van der Waals surface area contributed by atoms with Crippen LogP contribution >= 0.6 is 0 Å². The summed E-state index contributed by atoms with van der Waals surface area (Å²) < 4.78 is 0. The van der Waals surface area contributed by atoms with Crippen molar-refractivity contribution in [3.63, 3.8) is 0 Å². The summed E-state index contributed by atoms with van der Waals surface area (Å²) in [5, 5.41) is 10.0. The van der Waals surface area contributed by atoms with Crippen molar-refractivity contribution in [2.75, 3.05) is 36.4 Å². The average Bonchev–Trinajstić information content (AvgIpc) is 2.64. The summed E-state index contributed by atoms with van der Waals surface area (Å²) in [7, 11) is 0. The monoisotopic (exact) mass is 309 g/mol. The standard InChI is InChI=1S/C20H27N3/c1-4-14-23(15-5-1)20-9-8-19(17-6-2-3-7-18(17)20)22-16-10-12-21-13-11-16/h2-3,6-9,16,21-22H,1,4-5,10-15H2. The summed E-state index contributed by atoms with van der Waals surface area (Å²) in [5.41, 5.74) is 2.71. The maximum Gasteiger partial charge on any atom is 0.0447 e. The van der Waals surface area contributed by atoms with Crippen molar-refractivity contribution in [3.8, 4) is 0 Å². The van der Waals surface area contributed by atoms with E-state index in [1.54, 1.807) is 0 Å². The second kappa shape index (κ2) is 6.79. The minimum absolute atomic E-state index is 0.598. The van der Waals surface area contributed by atoms with Gasteiger partial charge in [0.15, 0.2) is 0 Å². The lowest BCUT2D eigenvalue weighted by atomic mass is 10.0. The van der Waals surface area contributed by atoms with Crippen LogP contribution < -0.4 is 15.5 Å². The Balaban J connectivity index is 1.67. The molecule has 0 unspecified atom stereocenters. The molecule has 0 amide bonds. The lowest BCUT2D eigenvalue weighted by molar-refractivity contribution is 0.479. The van der Waals surface area contributed by atoms with E-state index in [1.807, 2.05) is 0 Å². The summed E-state index contributed by atoms with van der Waals surface area (Å²) in [6.45, 7) is 4.65. The first-order valence-corrected chi connectivity index (χ1v) is 9.16. The highest BCUT2D eigenvalue weighted by molar-refractivity contribution is 6.02. The topological polar surface area (TPSA) is 27.3 Å². The number of nitrogens with zero attached hydrogens (tertiary/aromatic N) is 1. The van der Waals surface area contributed by atoms with Crippen LogP contribution in [0.5, 0.6) is 0 Å². The molecule has 2 aliphatic heterocycles. The molecule has 2 N–H and O–H groups in total. The summed E-state index contributed by atoms with van der Waals surface area (Å²) in [6.07, 6.45) is 6.45. The van der Waals surface area contributed by atoms with Crippen LogP contribution in [0.25, 0.3) is 10.8 Å². The molecule has 122 valence electrons. The normalized spacial score (nSPS) is 19.9. The van der Waals surface area contributed by atoms with Gasteiger partial charge in [0.2, 0.25) is 0 Å². The van der Waals surface area contributed by atoms with Crippen molar-refractivity contribution >= 4 is 22.1 Å². The van der Waals surface area contributed by atoms with Crippen molar-refractivity contribution in [2.24, 2.45) is 0 Å². The maximum atomic E-state index is 3.80. The highest BCUT2D eigenvalue weighted by Gasteiger charge is 2.17. The van der Waals surface area contributed by atoms with Gasteiger partial charge in [-0.1, -0.05) is 24.3 Å². The number of piperidine rings is 2. The molecular weight excluding hydrogens is 282 g/mol. The smallest absolute Gasteiger partial charge is 0.0447 e. The van der Waals surface area contributed by atoms with E-state index in [-0.39, 0.29) is 0 Å². The van der Waals surface area contributed by atoms with Crippen molar-refractivity contribution in [3.05, 3.63) is 36.4 Å². The fraction of sp³-hybridized carbons (Fsp3) is 0.500. The predicted octanol–water partition coefficient (Wildman–Crippen LogP) is 3.99. The Bertz CT molecular complexity index is 655. The third kappa shape index (κ3) is 3.16. The second-order valence-corrected chi connectivity index (χ2v) is 6.89. The minimum Gasteiger partial charge on any atom is -0.382 e. The van der Waals surface area contributed by atoms with Crippen molar-refractivity contribution in [2.45, 2.75) is 38.1 Å². The van der Waals surface area contributed by atoms with Gasteiger partial charge in [0.1, 0.15) is 0 Å². The fourth-order valence-corrected chi connectivity index (χ4v) is 4.01. The Morgan fingerprint density at radius 3 is 2.39 bits per heavy atom. The molecule has 2 saturated heterocycles. The van der Waals surface area contributed by atoms with Crippen LogP contribution in [0.3, 0.4) is 0 Å². The van der Waals surface area contributed by atoms with Gasteiger partial charge in [0, 0.05) is 41.3 Å². The molecule has 0 aromatic heterocycles. The van der Waals surface area contributed by atoms with Crippen LogP contribution in [0, 0.1) is 0 Å². The molecule has 0 bridgehead atoms. The van der Waals surface area contributed by atoms with E-state index in [0.29, 0.717) is 6.04 Å². The Labute approximate surface area is 139 Å². The van der Waals surface area contributed by atoms with Gasteiger partial charge in [-0.05, 0) is 57.3 Å². The summed E-state index contributed by atoms with van der Waals surface area (Å²) in [5.74, 6) is 0. The number of nitrogens with one attached hydrogen (secondary N) is 2. The predicted molar refractivity (Wildman–Crippen MR) is 99.5 cm³/mol. The Kier molecular flexibility index (Phi) is 4.38. The molecule has 2 aromatic carbocycles. The van der Waals surface area contributed by atoms with E-state index in [2.05, 4.69) is 51.9 Å². The van der Waals surface area contributed by atoms with E-state index < -0.39 is 0 Å². The molecule has 23 heavy (non-hydrogen) atoms. The van der Waals surface area contributed by atoms with Gasteiger partial charge in [0.05, 0.1) is 0 Å². The highest BCUT2D eigenvalue weighted by atomic mass is 15.1. The lowest BCUT2D eigenvalue weighted by Crippen LogP contribution is -2.35. The van der Waals surface area contributed by atoms with Gasteiger partial charge < -0.3 is 15.5 Å². The van der Waals surface area contributed by atoms with Gasteiger partial charge in [-0.25, -0.2) is 0 Å². The van der Waals surface area contributed by atoms with Crippen LogP contribution in [0.1, 0.15) is 32.1 Å². The Morgan fingerprint density at radius 2 is 1.61 bits per heavy atom. The number of rotatable bonds is 3. The number of fused-ring (bicyclic) bond motifs is 1. The third-order valence-electron chi connectivity index (χ3n) is 5.30. The van der Waals surface area contributed by atoms with Gasteiger partial charge in [-0.2, -0.15) is 0 Å². The van der Waals surface area contributed by atoms with Crippen molar-refractivity contribution in [1.82, 2.24) is 5.32 Å². The van der Waals surface area contributed by atoms with E-state index in [1.165, 1.54) is 67.3 Å². The maximum absolute atomic E-state index is 3.80. The summed E-state index contributed by atoms with van der Waals surface area (Å²) in [4.78, 5) is 2.57. The molecule has 4 rings (SSSR count). The van der Waals surface area contributed by atoms with E-state index in [0.717, 1.165) is 13.1 Å². The second-order valence-electron chi connectivity index (χ2n) is 6.89. The molecule has 2 heterocycles. The first-order chi connectivity index (χ1) is 11.4. The molecule has 0 radical (unpaired) electrons. The third-order valence-corrected chi connectivity index (χ3v) is 5.30. The molecule has 3 heteroatoms. The Hall–Kier alpha value is -1.74. The quantitative estimate of drug-likeness (QED) is 0.897. The van der Waals surface area contributed by atoms with Gasteiger partial charge in [-0.15, -0.1) is 0 Å². The van der Waals surface area contributed by atoms with E-state index in [4.69, 9.17) is 0 Å². The van der Waals surface area contributed by atoms with Gasteiger partial charge >= 0.3 is 0 Å². The molecule has 2 aromatic rings. The van der Waals surface area contributed by atoms with Crippen molar-refractivity contribution < 1.29 is 0 Å². The van der Waals surface area contributed by atoms with Gasteiger partial charge in [0.25, 0.3) is 0 Å². The largest absolute Gasteiger partial charge is 0.382 e. The van der Waals surface area contributed by atoms with Crippen molar-refractivity contribution in [1.29, 1.82) is 0 Å².